The fourth-order valence-corrected chi connectivity index (χ4v) is 2.58. The molecule has 1 heterocycles. The quantitative estimate of drug-likeness (QED) is 0.258. The van der Waals surface area contributed by atoms with Crippen LogP contribution in [-0.4, -0.2) is 27.2 Å². The van der Waals surface area contributed by atoms with Crippen LogP contribution in [0.2, 0.25) is 0 Å². The number of ether oxygens (including phenoxy) is 1. The van der Waals surface area contributed by atoms with Crippen molar-refractivity contribution in [2.45, 2.75) is 6.61 Å². The smallest absolute Gasteiger partial charge is 0.333 e. The van der Waals surface area contributed by atoms with Gasteiger partial charge in [0.05, 0.1) is 17.4 Å². The fraction of sp³-hybridized carbons (Fsp3) is 0.0556. The summed E-state index contributed by atoms with van der Waals surface area (Å²) in [6.07, 6.45) is 2.80. The van der Waals surface area contributed by atoms with Gasteiger partial charge in [-0.3, -0.25) is 0 Å². The molecule has 3 rings (SSSR count). The van der Waals surface area contributed by atoms with Gasteiger partial charge in [-0.1, -0.05) is 30.3 Å². The first-order valence-electron chi connectivity index (χ1n) is 8.56. The van der Waals surface area contributed by atoms with Gasteiger partial charge in [0.2, 0.25) is 0 Å². The van der Waals surface area contributed by atoms with Crippen LogP contribution >= 0.6 is 0 Å². The zero-order chi connectivity index (χ0) is 21.7. The molecule has 2 aromatic carbocycles. The van der Waals surface area contributed by atoms with Crippen molar-refractivity contribution in [2.75, 3.05) is 10.0 Å². The Kier molecular flexibility index (Phi) is 6.00. The number of hydrogen-bond donors (Lipinski definition) is 4. The second-order valence-corrected chi connectivity index (χ2v) is 6.00. The predicted molar refractivity (Wildman–Crippen MR) is 109 cm³/mol. The van der Waals surface area contributed by atoms with E-state index in [-0.39, 0.29) is 35.1 Å². The number of aromatic nitrogens is 3. The van der Waals surface area contributed by atoms with Gasteiger partial charge in [0.1, 0.15) is 12.3 Å². The van der Waals surface area contributed by atoms with Crippen molar-refractivity contribution in [3.63, 3.8) is 0 Å². The first-order chi connectivity index (χ1) is 14.4. The number of anilines is 2. The van der Waals surface area contributed by atoms with E-state index >= 15 is 0 Å². The Morgan fingerprint density at radius 1 is 0.967 bits per heavy atom. The lowest BCUT2D eigenvalue weighted by Crippen LogP contribution is -2.43. The topological polar surface area (TPSA) is 193 Å². The van der Waals surface area contributed by atoms with Crippen molar-refractivity contribution >= 4 is 23.4 Å². The van der Waals surface area contributed by atoms with Gasteiger partial charge < -0.3 is 16.2 Å². The average Bonchev–Trinajstić information content (AvgIpc) is 2.77. The van der Waals surface area contributed by atoms with Crippen LogP contribution in [0.1, 0.15) is 5.56 Å². The maximum Gasteiger partial charge on any atom is 0.333 e. The minimum Gasteiger partial charge on any atom is -0.486 e. The van der Waals surface area contributed by atoms with Gasteiger partial charge >= 0.3 is 12.1 Å². The highest BCUT2D eigenvalue weighted by atomic mass is 16.5. The molecule has 0 saturated heterocycles. The third-order valence-corrected chi connectivity index (χ3v) is 4.02. The summed E-state index contributed by atoms with van der Waals surface area (Å²) < 4.78 is 5.96. The van der Waals surface area contributed by atoms with Crippen LogP contribution in [0.4, 0.5) is 21.0 Å². The van der Waals surface area contributed by atoms with E-state index in [9.17, 15) is 9.59 Å². The van der Waals surface area contributed by atoms with Gasteiger partial charge in [-0.25, -0.2) is 36.3 Å². The number of nitrogens with zero attached hydrogens (tertiary/aromatic N) is 5. The molecule has 0 spiro atoms. The van der Waals surface area contributed by atoms with Crippen LogP contribution in [-0.2, 0) is 6.61 Å². The highest BCUT2D eigenvalue weighted by Gasteiger charge is 2.24. The summed E-state index contributed by atoms with van der Waals surface area (Å²) >= 11 is 0. The molecule has 0 saturated carbocycles. The third-order valence-electron chi connectivity index (χ3n) is 4.02. The lowest BCUT2D eigenvalue weighted by atomic mass is 10.1. The second kappa shape index (κ2) is 8.81. The van der Waals surface area contributed by atoms with Gasteiger partial charge in [-0.15, -0.1) is 5.10 Å². The van der Waals surface area contributed by atoms with Gasteiger partial charge in [0, 0.05) is 6.20 Å². The first kappa shape index (κ1) is 20.4. The Morgan fingerprint density at radius 2 is 1.67 bits per heavy atom. The molecule has 12 heteroatoms. The third kappa shape index (κ3) is 4.40. The molecule has 0 aliphatic rings. The van der Waals surface area contributed by atoms with E-state index in [0.717, 1.165) is 5.56 Å². The summed E-state index contributed by atoms with van der Waals surface area (Å²) in [4.78, 5) is 27.5. The molecule has 1 aromatic heterocycles. The van der Waals surface area contributed by atoms with E-state index in [2.05, 4.69) is 15.2 Å². The Hall–Kier alpha value is -4.29. The van der Waals surface area contributed by atoms with Crippen LogP contribution < -0.4 is 37.9 Å². The van der Waals surface area contributed by atoms with Crippen molar-refractivity contribution in [1.82, 2.24) is 15.2 Å². The SMILES string of the molecule is NC(=O)N(N)c1cc(-c2nccnn2)c(OCc2ccccc2)c(N(N)C(N)=O)c1. The number of nitrogens with two attached hydrogens (primary N) is 4. The number of carbonyl (C=O) groups excluding carboxylic acids is 2. The molecule has 0 radical (unpaired) electrons. The number of rotatable bonds is 6. The summed E-state index contributed by atoms with van der Waals surface area (Å²) in [5.74, 6) is 11.8. The number of primary amides is 2. The molecule has 154 valence electrons. The number of hydrogen-bond acceptors (Lipinski definition) is 8. The van der Waals surface area contributed by atoms with Crippen molar-refractivity contribution in [2.24, 2.45) is 23.2 Å². The second-order valence-electron chi connectivity index (χ2n) is 6.00. The molecule has 30 heavy (non-hydrogen) atoms. The summed E-state index contributed by atoms with van der Waals surface area (Å²) in [5.41, 5.74) is 11.9. The van der Waals surface area contributed by atoms with Crippen LogP contribution in [0.5, 0.6) is 5.75 Å². The van der Waals surface area contributed by atoms with Crippen LogP contribution in [0.15, 0.2) is 54.9 Å². The Balaban J connectivity index is 2.19. The summed E-state index contributed by atoms with van der Waals surface area (Å²) in [6.45, 7) is 0.134. The van der Waals surface area contributed by atoms with Gasteiger partial charge in [-0.2, -0.15) is 5.10 Å². The number of amides is 4. The van der Waals surface area contributed by atoms with E-state index in [4.69, 9.17) is 27.9 Å². The lowest BCUT2D eigenvalue weighted by molar-refractivity contribution is 0.253. The first-order valence-corrected chi connectivity index (χ1v) is 8.56. The molecule has 0 aliphatic carbocycles. The highest BCUT2D eigenvalue weighted by molar-refractivity contribution is 5.97. The minimum absolute atomic E-state index is 0.0232. The fourth-order valence-electron chi connectivity index (χ4n) is 2.58. The average molecular weight is 409 g/mol. The zero-order valence-corrected chi connectivity index (χ0v) is 15.7. The normalized spacial score (nSPS) is 10.3. The maximum atomic E-state index is 11.8. The van der Waals surface area contributed by atoms with E-state index < -0.39 is 12.1 Å². The molecule has 8 N–H and O–H groups in total. The van der Waals surface area contributed by atoms with Gasteiger partial charge in [-0.05, 0) is 17.7 Å². The molecule has 0 atom stereocenters. The van der Waals surface area contributed by atoms with Gasteiger partial charge in [0.15, 0.2) is 11.6 Å². The van der Waals surface area contributed by atoms with Crippen LogP contribution in [0, 0.1) is 0 Å². The molecule has 3 aromatic rings. The molecule has 0 bridgehead atoms. The molecule has 0 fully saturated rings. The Morgan fingerprint density at radius 3 is 2.27 bits per heavy atom. The minimum atomic E-state index is -0.975. The number of urea groups is 2. The van der Waals surface area contributed by atoms with Crippen molar-refractivity contribution in [1.29, 1.82) is 0 Å². The molecule has 12 nitrogen and oxygen atoms in total. The Bertz CT molecular complexity index is 1050. The molecule has 0 unspecified atom stereocenters. The van der Waals surface area contributed by atoms with Crippen LogP contribution in [0.3, 0.4) is 0 Å². The highest BCUT2D eigenvalue weighted by Crippen LogP contribution is 2.40. The van der Waals surface area contributed by atoms with E-state index in [0.29, 0.717) is 10.0 Å². The lowest BCUT2D eigenvalue weighted by Gasteiger charge is -2.23. The number of hydrazine groups is 2. The maximum absolute atomic E-state index is 11.8. The number of benzene rings is 2. The monoisotopic (exact) mass is 409 g/mol. The molecular formula is C18H19N9O3. The van der Waals surface area contributed by atoms with Crippen molar-refractivity contribution < 1.29 is 14.3 Å². The molecule has 4 amide bonds. The zero-order valence-electron chi connectivity index (χ0n) is 15.7. The summed E-state index contributed by atoms with van der Waals surface area (Å²) in [5, 5.41) is 9.08. The summed E-state index contributed by atoms with van der Waals surface area (Å²) in [6, 6.07) is 10.2. The predicted octanol–water partition coefficient (Wildman–Crippen LogP) is 0.635. The van der Waals surface area contributed by atoms with E-state index in [1.807, 2.05) is 30.3 Å². The number of carbonyl (C=O) groups is 2. The summed E-state index contributed by atoms with van der Waals surface area (Å²) in [7, 11) is 0. The molecule has 0 aliphatic heterocycles. The largest absolute Gasteiger partial charge is 0.486 e. The molecular weight excluding hydrogens is 390 g/mol. The van der Waals surface area contributed by atoms with E-state index in [1.165, 1.54) is 24.5 Å². The van der Waals surface area contributed by atoms with Crippen LogP contribution in [0.25, 0.3) is 11.4 Å². The standard InChI is InChI=1S/C18H19N9O3/c19-17(28)26(21)12-8-13(16-23-6-7-24-25-16)15(14(9-12)27(22)18(20)29)30-10-11-4-2-1-3-5-11/h1-9H,10,21-22H2,(H2,19,28)(H2,20,29). The Labute approximate surface area is 171 Å². The van der Waals surface area contributed by atoms with Crippen molar-refractivity contribution in [3.8, 4) is 17.1 Å². The van der Waals surface area contributed by atoms with Gasteiger partial charge in [0.25, 0.3) is 0 Å². The van der Waals surface area contributed by atoms with E-state index in [1.54, 1.807) is 0 Å². The van der Waals surface area contributed by atoms with Crippen molar-refractivity contribution in [3.05, 3.63) is 60.4 Å².